The summed E-state index contributed by atoms with van der Waals surface area (Å²) in [5.41, 5.74) is 2.06. The van der Waals surface area contributed by atoms with Gasteiger partial charge in [0.2, 0.25) is 5.91 Å². The van der Waals surface area contributed by atoms with E-state index in [9.17, 15) is 9.59 Å². The molecule has 0 N–H and O–H groups in total. The number of carbonyl (C=O) groups is 1. The lowest BCUT2D eigenvalue weighted by atomic mass is 10.1. The Morgan fingerprint density at radius 1 is 1.12 bits per heavy atom. The first kappa shape index (κ1) is 23.8. The maximum absolute atomic E-state index is 13.7. The molecule has 34 heavy (non-hydrogen) atoms. The molecular weight excluding hydrogens is 450 g/mol. The Hall–Kier alpha value is -3.38. The molecule has 2 aromatic heterocycles. The van der Waals surface area contributed by atoms with Gasteiger partial charge in [-0.3, -0.25) is 14.2 Å². The van der Waals surface area contributed by atoms with Crippen molar-refractivity contribution < 1.29 is 9.21 Å². The number of furan rings is 1. The van der Waals surface area contributed by atoms with Crippen molar-refractivity contribution in [2.75, 3.05) is 0 Å². The highest BCUT2D eigenvalue weighted by Crippen LogP contribution is 2.27. The van der Waals surface area contributed by atoms with Crippen molar-refractivity contribution in [1.29, 1.82) is 0 Å². The molecule has 4 rings (SSSR count). The largest absolute Gasteiger partial charge is 0.467 e. The zero-order chi connectivity index (χ0) is 24.4. The summed E-state index contributed by atoms with van der Waals surface area (Å²) in [6.07, 6.45) is 1.96. The molecule has 0 bridgehead atoms. The Bertz CT molecular complexity index is 1360. The second kappa shape index (κ2) is 9.85. The zero-order valence-electron chi connectivity index (χ0n) is 19.8. The van der Waals surface area contributed by atoms with Gasteiger partial charge in [-0.2, -0.15) is 0 Å². The Morgan fingerprint density at radius 3 is 2.50 bits per heavy atom. The predicted molar refractivity (Wildman–Crippen MR) is 134 cm³/mol. The molecule has 0 aliphatic carbocycles. The van der Waals surface area contributed by atoms with E-state index in [0.29, 0.717) is 39.6 Å². The van der Waals surface area contributed by atoms with E-state index < -0.39 is 6.04 Å². The molecule has 0 fully saturated rings. The minimum Gasteiger partial charge on any atom is -0.467 e. The standard InChI is InChI=1S/C27H28ClN3O3/c1-17(2)14-25(32)30(16-22-6-5-13-34-22)19(4)26-29-24-15-20(28)9-12-23(24)27(33)31(26)21-10-7-18(3)8-11-21/h5-13,15,17,19H,14,16H2,1-4H3. The lowest BCUT2D eigenvalue weighted by Gasteiger charge is -2.30. The minimum absolute atomic E-state index is 0.0326. The molecule has 4 aromatic rings. The van der Waals surface area contributed by atoms with Crippen LogP contribution in [0, 0.1) is 12.8 Å². The van der Waals surface area contributed by atoms with Crippen molar-refractivity contribution in [1.82, 2.24) is 14.5 Å². The third-order valence-corrected chi connectivity index (χ3v) is 6.04. The molecule has 2 heterocycles. The van der Waals surface area contributed by atoms with Gasteiger partial charge in [-0.1, -0.05) is 43.1 Å². The van der Waals surface area contributed by atoms with Crippen LogP contribution >= 0.6 is 11.6 Å². The monoisotopic (exact) mass is 477 g/mol. The predicted octanol–water partition coefficient (Wildman–Crippen LogP) is 6.08. The van der Waals surface area contributed by atoms with Gasteiger partial charge in [-0.15, -0.1) is 0 Å². The molecule has 0 saturated heterocycles. The van der Waals surface area contributed by atoms with Gasteiger partial charge >= 0.3 is 0 Å². The van der Waals surface area contributed by atoms with E-state index in [1.54, 1.807) is 40.0 Å². The lowest BCUT2D eigenvalue weighted by molar-refractivity contribution is -0.135. The molecule has 0 saturated carbocycles. The van der Waals surface area contributed by atoms with Gasteiger partial charge in [-0.05, 0) is 62.2 Å². The van der Waals surface area contributed by atoms with E-state index in [1.165, 1.54) is 0 Å². The number of halogens is 1. The molecule has 1 atom stereocenters. The molecule has 2 aromatic carbocycles. The fraction of sp³-hybridized carbons (Fsp3) is 0.296. The van der Waals surface area contributed by atoms with Crippen LogP contribution in [0.5, 0.6) is 0 Å². The van der Waals surface area contributed by atoms with Crippen LogP contribution in [0.2, 0.25) is 5.02 Å². The van der Waals surface area contributed by atoms with Gasteiger partial charge in [0.1, 0.15) is 11.6 Å². The number of benzene rings is 2. The van der Waals surface area contributed by atoms with Gasteiger partial charge < -0.3 is 9.32 Å². The molecule has 7 heteroatoms. The van der Waals surface area contributed by atoms with E-state index in [4.69, 9.17) is 21.0 Å². The van der Waals surface area contributed by atoms with Crippen LogP contribution in [0.25, 0.3) is 16.6 Å². The molecule has 6 nitrogen and oxygen atoms in total. The summed E-state index contributed by atoms with van der Waals surface area (Å²) in [7, 11) is 0. The normalized spacial score (nSPS) is 12.3. The Balaban J connectivity index is 1.91. The summed E-state index contributed by atoms with van der Waals surface area (Å²) < 4.78 is 7.14. The highest BCUT2D eigenvalue weighted by molar-refractivity contribution is 6.31. The van der Waals surface area contributed by atoms with Crippen LogP contribution in [-0.2, 0) is 11.3 Å². The van der Waals surface area contributed by atoms with Crippen molar-refractivity contribution in [2.45, 2.75) is 46.7 Å². The fourth-order valence-corrected chi connectivity index (χ4v) is 4.18. The molecule has 0 radical (unpaired) electrons. The van der Waals surface area contributed by atoms with Gasteiger partial charge in [0.25, 0.3) is 5.56 Å². The number of nitrogens with zero attached hydrogens (tertiary/aromatic N) is 3. The highest BCUT2D eigenvalue weighted by atomic mass is 35.5. The fourth-order valence-electron chi connectivity index (χ4n) is 4.02. The zero-order valence-corrected chi connectivity index (χ0v) is 20.5. The quantitative estimate of drug-likeness (QED) is 0.323. The summed E-state index contributed by atoms with van der Waals surface area (Å²) in [6.45, 7) is 8.17. The average Bonchev–Trinajstić information content (AvgIpc) is 3.30. The summed E-state index contributed by atoms with van der Waals surface area (Å²) in [4.78, 5) is 33.6. The number of aryl methyl sites for hydroxylation is 1. The molecular formula is C27H28ClN3O3. The number of aromatic nitrogens is 2. The number of fused-ring (bicyclic) bond motifs is 1. The van der Waals surface area contributed by atoms with E-state index >= 15 is 0 Å². The molecule has 176 valence electrons. The number of hydrogen-bond donors (Lipinski definition) is 0. The molecule has 0 spiro atoms. The summed E-state index contributed by atoms with van der Waals surface area (Å²) in [5, 5.41) is 0.960. The van der Waals surface area contributed by atoms with E-state index in [1.807, 2.05) is 58.0 Å². The van der Waals surface area contributed by atoms with Gasteiger partial charge in [0.05, 0.1) is 35.4 Å². The highest BCUT2D eigenvalue weighted by Gasteiger charge is 2.28. The van der Waals surface area contributed by atoms with Gasteiger partial charge in [0.15, 0.2) is 0 Å². The summed E-state index contributed by atoms with van der Waals surface area (Å²) >= 11 is 6.22. The Morgan fingerprint density at radius 2 is 1.85 bits per heavy atom. The van der Waals surface area contributed by atoms with E-state index in [2.05, 4.69) is 0 Å². The summed E-state index contributed by atoms with van der Waals surface area (Å²) in [6, 6.07) is 15.9. The number of amides is 1. The van der Waals surface area contributed by atoms with E-state index in [0.717, 1.165) is 5.56 Å². The molecule has 1 amide bonds. The number of rotatable bonds is 7. The van der Waals surface area contributed by atoms with Crippen molar-refractivity contribution in [3.63, 3.8) is 0 Å². The topological polar surface area (TPSA) is 68.3 Å². The third-order valence-electron chi connectivity index (χ3n) is 5.80. The van der Waals surface area contributed by atoms with Crippen molar-refractivity contribution >= 4 is 28.4 Å². The first-order valence-corrected chi connectivity index (χ1v) is 11.7. The van der Waals surface area contributed by atoms with Crippen LogP contribution in [0.4, 0.5) is 0 Å². The number of carbonyl (C=O) groups excluding carboxylic acids is 1. The van der Waals surface area contributed by atoms with E-state index in [-0.39, 0.29) is 23.9 Å². The third kappa shape index (κ3) is 4.92. The smallest absolute Gasteiger partial charge is 0.266 e. The van der Waals surface area contributed by atoms with Gasteiger partial charge in [-0.25, -0.2) is 4.98 Å². The maximum atomic E-state index is 13.7. The Labute approximate surface area is 203 Å². The van der Waals surface area contributed by atoms with Crippen LogP contribution < -0.4 is 5.56 Å². The maximum Gasteiger partial charge on any atom is 0.266 e. The van der Waals surface area contributed by atoms with Crippen molar-refractivity contribution in [3.8, 4) is 5.69 Å². The minimum atomic E-state index is -0.506. The Kier molecular flexibility index (Phi) is 6.89. The lowest BCUT2D eigenvalue weighted by Crippen LogP contribution is -2.37. The second-order valence-electron chi connectivity index (χ2n) is 8.98. The first-order chi connectivity index (χ1) is 16.2. The molecule has 1 unspecified atom stereocenters. The summed E-state index contributed by atoms with van der Waals surface area (Å²) in [5.74, 6) is 1.28. The SMILES string of the molecule is Cc1ccc(-n2c(C(C)N(Cc3ccco3)C(=O)CC(C)C)nc3cc(Cl)ccc3c2=O)cc1. The van der Waals surface area contributed by atoms with Crippen molar-refractivity contribution in [3.05, 3.63) is 93.4 Å². The average molecular weight is 478 g/mol. The van der Waals surface area contributed by atoms with Crippen LogP contribution in [0.15, 0.2) is 70.1 Å². The van der Waals surface area contributed by atoms with Crippen LogP contribution in [0.3, 0.4) is 0 Å². The van der Waals surface area contributed by atoms with Crippen molar-refractivity contribution in [2.24, 2.45) is 5.92 Å². The first-order valence-electron chi connectivity index (χ1n) is 11.4. The van der Waals surface area contributed by atoms with Crippen LogP contribution in [0.1, 0.15) is 50.4 Å². The van der Waals surface area contributed by atoms with Gasteiger partial charge in [0, 0.05) is 11.4 Å². The molecule has 0 aliphatic heterocycles. The molecule has 0 aliphatic rings. The second-order valence-corrected chi connectivity index (χ2v) is 9.42. The van der Waals surface area contributed by atoms with Crippen LogP contribution in [-0.4, -0.2) is 20.4 Å². The number of hydrogen-bond acceptors (Lipinski definition) is 4.